The van der Waals surface area contributed by atoms with Gasteiger partial charge in [0, 0.05) is 56.0 Å². The Kier molecular flexibility index (Phi) is 12.4. The van der Waals surface area contributed by atoms with Gasteiger partial charge in [0.25, 0.3) is 11.6 Å². The van der Waals surface area contributed by atoms with Crippen molar-refractivity contribution in [1.82, 2.24) is 14.9 Å². The smallest absolute Gasteiger partial charge is 0.297 e. The molecule has 4 N–H and O–H groups in total. The Bertz CT molecular complexity index is 2980. The van der Waals surface area contributed by atoms with E-state index >= 15 is 8.42 Å². The predicted octanol–water partition coefficient (Wildman–Crippen LogP) is 7.63. The van der Waals surface area contributed by atoms with Gasteiger partial charge in [-0.2, -0.15) is 4.98 Å². The fourth-order valence-corrected chi connectivity index (χ4v) is 13.7. The number of hydrogen-bond donors (Lipinski definition) is 3. The Labute approximate surface area is 413 Å². The molecule has 1 amide bonds. The number of morpholine rings is 1. The van der Waals surface area contributed by atoms with Crippen molar-refractivity contribution in [2.75, 3.05) is 74.4 Å². The average molecular weight is 991 g/mol. The van der Waals surface area contributed by atoms with Gasteiger partial charge in [0.2, 0.25) is 15.7 Å². The van der Waals surface area contributed by atoms with E-state index in [0.29, 0.717) is 68.3 Å². The first-order valence-corrected chi connectivity index (χ1v) is 26.4. The molecular weight excluding hydrogens is 929 g/mol. The summed E-state index contributed by atoms with van der Waals surface area (Å²) in [7, 11) is -4.78. The molecule has 71 heavy (non-hydrogen) atoms. The van der Waals surface area contributed by atoms with E-state index < -0.39 is 44.5 Å². The molecule has 3 saturated heterocycles. The maximum Gasteiger partial charge on any atom is 0.297 e. The van der Waals surface area contributed by atoms with Crippen LogP contribution in [-0.4, -0.2) is 124 Å². The molecule has 7 heterocycles. The van der Waals surface area contributed by atoms with Crippen molar-refractivity contribution in [2.24, 2.45) is 11.1 Å². The van der Waals surface area contributed by atoms with Gasteiger partial charge in [-0.1, -0.05) is 38.1 Å². The van der Waals surface area contributed by atoms with E-state index in [4.69, 9.17) is 34.4 Å². The summed E-state index contributed by atoms with van der Waals surface area (Å²) < 4.78 is 62.6. The van der Waals surface area contributed by atoms with Crippen LogP contribution in [0, 0.1) is 15.5 Å². The van der Waals surface area contributed by atoms with E-state index in [9.17, 15) is 14.9 Å². The second kappa shape index (κ2) is 18.6. The number of pyridine rings is 1. The quantitative estimate of drug-likeness (QED) is 0.0809. The maximum absolute atomic E-state index is 16.1. The van der Waals surface area contributed by atoms with Gasteiger partial charge in [-0.05, 0) is 92.7 Å². The first-order valence-electron chi connectivity index (χ1n) is 24.9. The number of fused-ring (bicyclic) bond motifs is 4. The number of primary amides is 1. The number of carbonyl (C=O) groups is 1. The molecule has 5 aliphatic heterocycles. The van der Waals surface area contributed by atoms with Crippen molar-refractivity contribution in [3.8, 4) is 11.6 Å². The second-order valence-electron chi connectivity index (χ2n) is 20.6. The van der Waals surface area contributed by atoms with Gasteiger partial charge in [-0.15, -0.1) is 0 Å². The molecule has 3 aromatic carbocycles. The Balaban J connectivity index is 1.00. The predicted molar refractivity (Wildman–Crippen MR) is 267 cm³/mol. The van der Waals surface area contributed by atoms with Gasteiger partial charge in [-0.3, -0.25) is 19.8 Å². The summed E-state index contributed by atoms with van der Waals surface area (Å²) in [6.07, 6.45) is 5.16. The van der Waals surface area contributed by atoms with Crippen LogP contribution in [0.15, 0.2) is 76.7 Å². The van der Waals surface area contributed by atoms with Gasteiger partial charge < -0.3 is 49.5 Å². The monoisotopic (exact) mass is 990 g/mol. The number of nitrogens with zero attached hydrogens (tertiary/aromatic N) is 5. The number of piperidine rings is 1. The Morgan fingerprint density at radius 3 is 2.54 bits per heavy atom. The summed E-state index contributed by atoms with van der Waals surface area (Å²) in [6.45, 7) is 12.4. The van der Waals surface area contributed by atoms with Gasteiger partial charge in [-0.25, -0.2) is 8.42 Å². The number of rotatable bonds is 12. The van der Waals surface area contributed by atoms with Crippen LogP contribution < -0.4 is 30.3 Å². The van der Waals surface area contributed by atoms with E-state index in [1.165, 1.54) is 17.2 Å². The standard InChI is InChI=1S/C52H62N8O10S/c1-30(2)36-7-5-6-8-37(36)43-28-67-20-18-58(43)34-24-52(25-34)13-16-57(17-14-52)40-10-9-38(49(53)61)47(59-39-12-19-66-29-45(39)70-51-42(59)21-32-11-15-54-50(32)56-51)48(40)71(64,65)35-22-41(60(62)63)46-44(23-35)69-27-33(55-46)26-68-31(3)4/h5-11,15,21-23,30-31,33-34,39,43,45,55H,12-14,16-20,24-29H2,1-4H3,(H2,53,61)(H,54,56)/t33-,39-,43-,45-/m0/s1. The molecule has 4 atom stereocenters. The number of aromatic nitrogens is 2. The normalized spacial score (nSPS) is 23.4. The SMILES string of the molecule is CC(C)OC[C@H]1COc2cc(S(=O)(=O)c3c(N4CCC5(CC4)CC(N4CCOC[C@H]4c4ccccc4C(C)C)C5)ccc(C(N)=O)c3N3c4cc5cc[nH]c5nc4O[C@H]4COCC[C@@H]43)cc([N+](=O)[O-])c2N1. The molecule has 1 aliphatic carbocycles. The number of benzene rings is 3. The van der Waals surface area contributed by atoms with Crippen molar-refractivity contribution >= 4 is 55.2 Å². The molecule has 4 fully saturated rings. The number of anilines is 4. The van der Waals surface area contributed by atoms with Crippen LogP contribution in [-0.2, 0) is 24.0 Å². The second-order valence-corrected chi connectivity index (χ2v) is 22.5. The molecule has 2 aromatic heterocycles. The minimum absolute atomic E-state index is 0.0163. The van der Waals surface area contributed by atoms with Crippen LogP contribution in [0.25, 0.3) is 11.0 Å². The molecule has 11 rings (SSSR count). The lowest BCUT2D eigenvalue weighted by atomic mass is 9.59. The maximum atomic E-state index is 16.1. The number of nitro groups is 1. The average Bonchev–Trinajstić information content (AvgIpc) is 3.82. The number of ether oxygens (including phenoxy) is 5. The summed E-state index contributed by atoms with van der Waals surface area (Å²) in [5, 5.41) is 16.8. The van der Waals surface area contributed by atoms with Crippen molar-refractivity contribution in [3.05, 3.63) is 93.7 Å². The molecular formula is C52H62N8O10S. The van der Waals surface area contributed by atoms with Gasteiger partial charge in [0.15, 0.2) is 11.4 Å². The van der Waals surface area contributed by atoms with Crippen molar-refractivity contribution in [2.45, 2.75) is 112 Å². The lowest BCUT2D eigenvalue weighted by Crippen LogP contribution is -2.58. The van der Waals surface area contributed by atoms with Crippen molar-refractivity contribution < 1.29 is 41.8 Å². The zero-order valence-corrected chi connectivity index (χ0v) is 41.4. The lowest BCUT2D eigenvalue weighted by Gasteiger charge is -2.57. The highest BCUT2D eigenvalue weighted by atomic mass is 32.2. The summed E-state index contributed by atoms with van der Waals surface area (Å²) in [5.74, 6) is -0.214. The summed E-state index contributed by atoms with van der Waals surface area (Å²) >= 11 is 0. The number of hydrogen-bond acceptors (Lipinski definition) is 15. The Hall–Kier alpha value is -5.99. The van der Waals surface area contributed by atoms with Gasteiger partial charge in [0.05, 0.1) is 77.4 Å². The van der Waals surface area contributed by atoms with Crippen LogP contribution in [0.3, 0.4) is 0 Å². The van der Waals surface area contributed by atoms with E-state index in [0.717, 1.165) is 43.7 Å². The van der Waals surface area contributed by atoms with Crippen LogP contribution in [0.5, 0.6) is 11.6 Å². The number of nitrogens with two attached hydrogens (primary N) is 1. The molecule has 6 aliphatic rings. The molecule has 0 radical (unpaired) electrons. The third kappa shape index (κ3) is 8.52. The molecule has 1 saturated carbocycles. The van der Waals surface area contributed by atoms with E-state index in [1.54, 1.807) is 18.3 Å². The van der Waals surface area contributed by atoms with Crippen LogP contribution >= 0.6 is 0 Å². The van der Waals surface area contributed by atoms with Gasteiger partial charge >= 0.3 is 0 Å². The minimum Gasteiger partial charge on any atom is -0.489 e. The molecule has 0 bridgehead atoms. The molecule has 5 aromatic rings. The molecule has 376 valence electrons. The number of nitrogens with one attached hydrogen (secondary N) is 2. The third-order valence-electron chi connectivity index (χ3n) is 15.6. The molecule has 0 unspecified atom stereocenters. The zero-order valence-electron chi connectivity index (χ0n) is 40.6. The van der Waals surface area contributed by atoms with Gasteiger partial charge in [0.1, 0.15) is 28.9 Å². The first-order chi connectivity index (χ1) is 34.2. The Morgan fingerprint density at radius 2 is 1.77 bits per heavy atom. The highest BCUT2D eigenvalue weighted by Crippen LogP contribution is 2.56. The van der Waals surface area contributed by atoms with Crippen LogP contribution in [0.1, 0.15) is 93.2 Å². The number of aromatic amines is 1. The summed E-state index contributed by atoms with van der Waals surface area (Å²) in [6, 6.07) is 17.8. The van der Waals surface area contributed by atoms with Crippen LogP contribution in [0.4, 0.5) is 28.4 Å². The van der Waals surface area contributed by atoms with E-state index in [2.05, 4.69) is 58.2 Å². The largest absolute Gasteiger partial charge is 0.489 e. The van der Waals surface area contributed by atoms with E-state index in [-0.39, 0.29) is 75.7 Å². The number of nitro benzene ring substituents is 1. The fraction of sp³-hybridized carbons (Fsp3) is 0.500. The zero-order chi connectivity index (χ0) is 49.3. The number of amides is 1. The number of H-pyrrole nitrogens is 1. The number of sulfone groups is 1. The summed E-state index contributed by atoms with van der Waals surface area (Å²) in [5.41, 5.74) is 10.0. The number of carbonyl (C=O) groups excluding carboxylic acids is 1. The highest BCUT2D eigenvalue weighted by molar-refractivity contribution is 7.91. The highest BCUT2D eigenvalue weighted by Gasteiger charge is 2.51. The van der Waals surface area contributed by atoms with Crippen molar-refractivity contribution in [3.63, 3.8) is 0 Å². The molecule has 1 spiro atoms. The Morgan fingerprint density at radius 1 is 0.986 bits per heavy atom. The topological polar surface area (TPSA) is 217 Å². The summed E-state index contributed by atoms with van der Waals surface area (Å²) in [4.78, 5) is 40.2. The van der Waals surface area contributed by atoms with Crippen LogP contribution in [0.2, 0.25) is 0 Å². The molecule has 19 heteroatoms. The lowest BCUT2D eigenvalue weighted by molar-refractivity contribution is -0.384. The molecule has 18 nitrogen and oxygen atoms in total. The minimum atomic E-state index is -4.78. The fourth-order valence-electron chi connectivity index (χ4n) is 12.0. The van der Waals surface area contributed by atoms with Crippen molar-refractivity contribution in [1.29, 1.82) is 0 Å². The third-order valence-corrected chi connectivity index (χ3v) is 17.4. The first kappa shape index (κ1) is 47.3. The van der Waals surface area contributed by atoms with E-state index in [1.807, 2.05) is 30.9 Å².